The molecule has 1 aliphatic heterocycles. The lowest BCUT2D eigenvalue weighted by Gasteiger charge is -2.21. The second kappa shape index (κ2) is 10.5. The third kappa shape index (κ3) is 5.61. The number of aliphatic hydroxyl groups excluding tert-OH is 1. The molecule has 1 N–H and O–H groups in total. The van der Waals surface area contributed by atoms with E-state index in [2.05, 4.69) is 23.1 Å². The normalized spacial score (nSPS) is 14.7. The fourth-order valence-electron chi connectivity index (χ4n) is 4.14. The van der Waals surface area contributed by atoms with E-state index in [1.54, 1.807) is 14.2 Å². The zero-order valence-electron chi connectivity index (χ0n) is 18.8. The van der Waals surface area contributed by atoms with Crippen molar-refractivity contribution in [3.05, 3.63) is 89.0 Å². The summed E-state index contributed by atoms with van der Waals surface area (Å²) in [4.78, 5) is 2.35. The number of hydrogen-bond acceptors (Lipinski definition) is 5. The fraction of sp³-hybridized carbons (Fsp3) is 0.333. The van der Waals surface area contributed by atoms with E-state index in [1.165, 1.54) is 5.56 Å². The van der Waals surface area contributed by atoms with Gasteiger partial charge in [-0.2, -0.15) is 0 Å². The molecule has 0 bridgehead atoms. The van der Waals surface area contributed by atoms with Crippen molar-refractivity contribution in [2.24, 2.45) is 0 Å². The average molecular weight is 434 g/mol. The van der Waals surface area contributed by atoms with E-state index in [0.29, 0.717) is 13.0 Å². The molecule has 32 heavy (non-hydrogen) atoms. The molecule has 0 aliphatic carbocycles. The highest BCUT2D eigenvalue weighted by Gasteiger charge is 2.18. The predicted octanol–water partition coefficient (Wildman–Crippen LogP) is 4.76. The van der Waals surface area contributed by atoms with Crippen LogP contribution in [0.25, 0.3) is 0 Å². The van der Waals surface area contributed by atoms with E-state index in [1.807, 2.05) is 48.5 Å². The third-order valence-corrected chi connectivity index (χ3v) is 5.90. The van der Waals surface area contributed by atoms with Gasteiger partial charge in [-0.15, -0.1) is 0 Å². The number of rotatable bonds is 8. The van der Waals surface area contributed by atoms with Crippen molar-refractivity contribution in [1.29, 1.82) is 0 Å². The van der Waals surface area contributed by atoms with Gasteiger partial charge in [0, 0.05) is 31.3 Å². The lowest BCUT2D eigenvalue weighted by molar-refractivity contribution is 0.167. The van der Waals surface area contributed by atoms with Crippen LogP contribution in [0.1, 0.15) is 34.8 Å². The maximum absolute atomic E-state index is 10.8. The van der Waals surface area contributed by atoms with Gasteiger partial charge in [-0.05, 0) is 53.8 Å². The molecule has 1 atom stereocenters. The van der Waals surface area contributed by atoms with Crippen LogP contribution in [0.2, 0.25) is 0 Å². The number of fused-ring (bicyclic) bond motifs is 1. The molecule has 0 saturated carbocycles. The van der Waals surface area contributed by atoms with E-state index in [9.17, 15) is 5.11 Å². The molecule has 1 aliphatic rings. The number of nitrogens with zero attached hydrogens (tertiary/aromatic N) is 1. The van der Waals surface area contributed by atoms with Crippen LogP contribution in [0.15, 0.2) is 66.7 Å². The Balaban J connectivity index is 1.46. The molecule has 0 unspecified atom stereocenters. The minimum atomic E-state index is -0.500. The van der Waals surface area contributed by atoms with Gasteiger partial charge in [0.15, 0.2) is 0 Å². The first-order chi connectivity index (χ1) is 15.6. The third-order valence-electron chi connectivity index (χ3n) is 5.90. The summed E-state index contributed by atoms with van der Waals surface area (Å²) in [5.74, 6) is 2.47. The molecule has 0 spiro atoms. The summed E-state index contributed by atoms with van der Waals surface area (Å²) in [5.41, 5.74) is 4.41. The molecule has 0 amide bonds. The van der Waals surface area contributed by atoms with Gasteiger partial charge in [-0.25, -0.2) is 0 Å². The van der Waals surface area contributed by atoms with Crippen LogP contribution in [0, 0.1) is 0 Å². The largest absolute Gasteiger partial charge is 0.497 e. The van der Waals surface area contributed by atoms with Crippen molar-refractivity contribution >= 4 is 0 Å². The van der Waals surface area contributed by atoms with Gasteiger partial charge < -0.3 is 19.3 Å². The summed E-state index contributed by atoms with van der Waals surface area (Å²) in [6.07, 6.45) is 1.04. The molecule has 4 rings (SSSR count). The molecule has 1 heterocycles. The molecule has 0 fully saturated rings. The Labute approximate surface area is 190 Å². The predicted molar refractivity (Wildman–Crippen MR) is 125 cm³/mol. The van der Waals surface area contributed by atoms with Gasteiger partial charge in [0.25, 0.3) is 0 Å². The number of benzene rings is 3. The monoisotopic (exact) mass is 433 g/mol. The van der Waals surface area contributed by atoms with Crippen LogP contribution in [0.4, 0.5) is 0 Å². The van der Waals surface area contributed by atoms with E-state index in [0.717, 1.165) is 60.0 Å². The summed E-state index contributed by atoms with van der Waals surface area (Å²) in [7, 11) is 3.33. The van der Waals surface area contributed by atoms with Crippen molar-refractivity contribution < 1.29 is 19.3 Å². The molecule has 0 aromatic heterocycles. The Morgan fingerprint density at radius 1 is 0.938 bits per heavy atom. The van der Waals surface area contributed by atoms with Crippen molar-refractivity contribution in [3.63, 3.8) is 0 Å². The molecular formula is C27H31NO4. The van der Waals surface area contributed by atoms with Gasteiger partial charge in [0.1, 0.15) is 23.9 Å². The SMILES string of the molecule is COc1cc(CN2CCOc3ccc([C@H](O)CCc4ccccc4)cc3C2)cc(OC)c1. The number of aryl methyl sites for hydroxylation is 1. The standard InChI is InChI=1S/C27H31NO4/c1-30-24-14-21(15-25(17-24)31-2)18-28-12-13-32-27-11-9-22(16-23(27)19-28)26(29)10-8-20-6-4-3-5-7-20/h3-7,9,11,14-17,26,29H,8,10,12-13,18-19H2,1-2H3/t26-/m1/s1. The van der Waals surface area contributed by atoms with Crippen LogP contribution in [-0.2, 0) is 19.5 Å². The summed E-state index contributed by atoms with van der Waals surface area (Å²) in [5, 5.41) is 10.8. The quantitative estimate of drug-likeness (QED) is 0.555. The van der Waals surface area contributed by atoms with Crippen molar-refractivity contribution in [1.82, 2.24) is 4.90 Å². The molecular weight excluding hydrogens is 402 g/mol. The molecule has 5 heteroatoms. The van der Waals surface area contributed by atoms with Gasteiger partial charge >= 0.3 is 0 Å². The maximum Gasteiger partial charge on any atom is 0.123 e. The van der Waals surface area contributed by atoms with E-state index in [-0.39, 0.29) is 0 Å². The molecule has 168 valence electrons. The second-order valence-electron chi connectivity index (χ2n) is 8.19. The Morgan fingerprint density at radius 2 is 1.69 bits per heavy atom. The highest BCUT2D eigenvalue weighted by atomic mass is 16.5. The topological polar surface area (TPSA) is 51.2 Å². The van der Waals surface area contributed by atoms with Gasteiger partial charge in [-0.1, -0.05) is 36.4 Å². The van der Waals surface area contributed by atoms with E-state index in [4.69, 9.17) is 14.2 Å². The lowest BCUT2D eigenvalue weighted by atomic mass is 9.99. The molecule has 3 aromatic rings. The average Bonchev–Trinajstić information content (AvgIpc) is 3.03. The summed E-state index contributed by atoms with van der Waals surface area (Å²) in [6, 6.07) is 22.3. The Morgan fingerprint density at radius 3 is 2.41 bits per heavy atom. The zero-order chi connectivity index (χ0) is 22.3. The molecule has 3 aromatic carbocycles. The highest BCUT2D eigenvalue weighted by Crippen LogP contribution is 2.30. The summed E-state index contributed by atoms with van der Waals surface area (Å²) < 4.78 is 16.8. The fourth-order valence-corrected chi connectivity index (χ4v) is 4.14. The summed E-state index contributed by atoms with van der Waals surface area (Å²) >= 11 is 0. The van der Waals surface area contributed by atoms with Crippen LogP contribution in [0.3, 0.4) is 0 Å². The van der Waals surface area contributed by atoms with E-state index < -0.39 is 6.10 Å². The Kier molecular flexibility index (Phi) is 7.30. The van der Waals surface area contributed by atoms with Crippen LogP contribution in [0.5, 0.6) is 17.2 Å². The maximum atomic E-state index is 10.8. The van der Waals surface area contributed by atoms with Crippen molar-refractivity contribution in [3.8, 4) is 17.2 Å². The number of ether oxygens (including phenoxy) is 3. The number of methoxy groups -OCH3 is 2. The molecule has 0 saturated heterocycles. The number of aliphatic hydroxyl groups is 1. The number of hydrogen-bond donors (Lipinski definition) is 1. The molecule has 0 radical (unpaired) electrons. The smallest absolute Gasteiger partial charge is 0.123 e. The Bertz CT molecular complexity index is 999. The van der Waals surface area contributed by atoms with Crippen molar-refractivity contribution in [2.75, 3.05) is 27.4 Å². The molecule has 5 nitrogen and oxygen atoms in total. The van der Waals surface area contributed by atoms with Crippen LogP contribution in [-0.4, -0.2) is 37.4 Å². The second-order valence-corrected chi connectivity index (χ2v) is 8.19. The highest BCUT2D eigenvalue weighted by molar-refractivity contribution is 5.40. The van der Waals surface area contributed by atoms with Gasteiger partial charge in [-0.3, -0.25) is 4.90 Å². The zero-order valence-corrected chi connectivity index (χ0v) is 18.8. The lowest BCUT2D eigenvalue weighted by Crippen LogP contribution is -2.25. The minimum absolute atomic E-state index is 0.500. The van der Waals surface area contributed by atoms with Crippen molar-refractivity contribution in [2.45, 2.75) is 32.0 Å². The first-order valence-electron chi connectivity index (χ1n) is 11.1. The van der Waals surface area contributed by atoms with Gasteiger partial charge in [0.05, 0.1) is 20.3 Å². The van der Waals surface area contributed by atoms with E-state index >= 15 is 0 Å². The first kappa shape index (κ1) is 22.2. The van der Waals surface area contributed by atoms with Crippen LogP contribution >= 0.6 is 0 Å². The Hall–Kier alpha value is -3.02. The first-order valence-corrected chi connectivity index (χ1v) is 11.1. The van der Waals surface area contributed by atoms with Gasteiger partial charge in [0.2, 0.25) is 0 Å². The minimum Gasteiger partial charge on any atom is -0.497 e. The summed E-state index contributed by atoms with van der Waals surface area (Å²) in [6.45, 7) is 2.97. The van der Waals surface area contributed by atoms with Crippen LogP contribution < -0.4 is 14.2 Å².